The van der Waals surface area contributed by atoms with Gasteiger partial charge in [0, 0.05) is 17.5 Å². The van der Waals surface area contributed by atoms with E-state index in [0.29, 0.717) is 5.82 Å². The highest BCUT2D eigenvalue weighted by atomic mass is 16.4. The molecule has 134 valence electrons. The van der Waals surface area contributed by atoms with Gasteiger partial charge < -0.3 is 5.11 Å². The summed E-state index contributed by atoms with van der Waals surface area (Å²) in [4.78, 5) is 19.8. The Morgan fingerprint density at radius 3 is 2.20 bits per heavy atom. The minimum Gasteiger partial charge on any atom is -0.478 e. The molecule has 0 saturated heterocycles. The molecule has 1 aromatic carbocycles. The van der Waals surface area contributed by atoms with Crippen LogP contribution in [-0.4, -0.2) is 21.0 Å². The molecule has 0 spiro atoms. The van der Waals surface area contributed by atoms with E-state index in [1.54, 1.807) is 30.5 Å². The van der Waals surface area contributed by atoms with E-state index in [2.05, 4.69) is 16.9 Å². The molecule has 0 bridgehead atoms. The number of carboxylic acids is 1. The highest BCUT2D eigenvalue weighted by Gasteiger charge is 2.06. The quantitative estimate of drug-likeness (QED) is 0.547. The van der Waals surface area contributed by atoms with Gasteiger partial charge in [0.2, 0.25) is 0 Å². The Morgan fingerprint density at radius 1 is 0.920 bits per heavy atom. The number of aromatic carboxylic acids is 1. The summed E-state index contributed by atoms with van der Waals surface area (Å²) in [7, 11) is 0. The van der Waals surface area contributed by atoms with Gasteiger partial charge in [-0.3, -0.25) is 0 Å². The van der Waals surface area contributed by atoms with Crippen molar-refractivity contribution in [3.05, 3.63) is 47.8 Å². The molecular weight excluding hydrogens is 312 g/mol. The molecule has 2 aromatic rings. The highest BCUT2D eigenvalue weighted by Crippen LogP contribution is 2.17. The molecule has 0 fully saturated rings. The first-order valence-corrected chi connectivity index (χ1v) is 9.36. The van der Waals surface area contributed by atoms with Gasteiger partial charge in [-0.2, -0.15) is 0 Å². The third-order valence-corrected chi connectivity index (χ3v) is 4.39. The zero-order chi connectivity index (χ0) is 17.9. The third kappa shape index (κ3) is 6.65. The minimum absolute atomic E-state index is 0.277. The van der Waals surface area contributed by atoms with Crippen molar-refractivity contribution in [3.8, 4) is 11.4 Å². The Labute approximate surface area is 150 Å². The molecule has 0 unspecified atom stereocenters. The lowest BCUT2D eigenvalue weighted by Gasteiger charge is -2.05. The van der Waals surface area contributed by atoms with Gasteiger partial charge in [-0.1, -0.05) is 64.0 Å². The van der Waals surface area contributed by atoms with Gasteiger partial charge in [0.1, 0.15) is 0 Å². The number of carboxylic acid groups (broad SMARTS) is 1. The second-order valence-electron chi connectivity index (χ2n) is 6.48. The van der Waals surface area contributed by atoms with Gasteiger partial charge in [-0.25, -0.2) is 14.8 Å². The molecule has 1 aromatic heterocycles. The zero-order valence-electron chi connectivity index (χ0n) is 15.1. The molecule has 0 amide bonds. The number of rotatable bonds is 11. The molecule has 0 saturated carbocycles. The van der Waals surface area contributed by atoms with Crippen molar-refractivity contribution >= 4 is 5.97 Å². The van der Waals surface area contributed by atoms with Crippen molar-refractivity contribution < 1.29 is 9.90 Å². The van der Waals surface area contributed by atoms with Crippen LogP contribution in [0, 0.1) is 0 Å². The average Bonchev–Trinajstić information content (AvgIpc) is 2.64. The second-order valence-corrected chi connectivity index (χ2v) is 6.48. The number of benzene rings is 1. The maximum absolute atomic E-state index is 10.9. The molecule has 0 aliphatic rings. The molecular formula is C21H28N2O2. The number of aryl methyl sites for hydroxylation is 1. The van der Waals surface area contributed by atoms with Crippen LogP contribution in [0.1, 0.15) is 74.3 Å². The number of carbonyl (C=O) groups is 1. The first-order valence-electron chi connectivity index (χ1n) is 9.36. The fourth-order valence-corrected chi connectivity index (χ4v) is 2.88. The molecule has 1 heterocycles. The summed E-state index contributed by atoms with van der Waals surface area (Å²) in [6.07, 6.45) is 13.2. The molecule has 0 atom stereocenters. The average molecular weight is 340 g/mol. The zero-order valence-corrected chi connectivity index (χ0v) is 15.1. The first kappa shape index (κ1) is 19.1. The van der Waals surface area contributed by atoms with E-state index in [1.807, 2.05) is 6.07 Å². The van der Waals surface area contributed by atoms with E-state index in [-0.39, 0.29) is 5.56 Å². The van der Waals surface area contributed by atoms with E-state index in [0.717, 1.165) is 24.1 Å². The van der Waals surface area contributed by atoms with Gasteiger partial charge in [-0.15, -0.1) is 0 Å². The van der Waals surface area contributed by atoms with Crippen LogP contribution < -0.4 is 0 Å². The standard InChI is InChI=1S/C21H28N2O2/c1-2-3-4-5-6-7-8-9-10-19-15-16-22-20(23-19)17-11-13-18(14-12-17)21(24)25/h11-16H,2-10H2,1H3,(H,24,25). The molecule has 0 aliphatic heterocycles. The topological polar surface area (TPSA) is 63.1 Å². The van der Waals surface area contributed by atoms with Crippen molar-refractivity contribution in [2.75, 3.05) is 0 Å². The van der Waals surface area contributed by atoms with E-state index in [9.17, 15) is 4.79 Å². The van der Waals surface area contributed by atoms with Crippen molar-refractivity contribution in [1.82, 2.24) is 9.97 Å². The van der Waals surface area contributed by atoms with E-state index < -0.39 is 5.97 Å². The summed E-state index contributed by atoms with van der Waals surface area (Å²) >= 11 is 0. The normalized spacial score (nSPS) is 10.8. The molecule has 4 heteroatoms. The molecule has 4 nitrogen and oxygen atoms in total. The monoisotopic (exact) mass is 340 g/mol. The van der Waals surface area contributed by atoms with Gasteiger partial charge in [0.15, 0.2) is 5.82 Å². The Balaban J connectivity index is 1.80. The van der Waals surface area contributed by atoms with Gasteiger partial charge in [-0.05, 0) is 31.0 Å². The van der Waals surface area contributed by atoms with Crippen LogP contribution >= 0.6 is 0 Å². The maximum Gasteiger partial charge on any atom is 0.335 e. The van der Waals surface area contributed by atoms with Gasteiger partial charge in [0.05, 0.1) is 5.56 Å². The van der Waals surface area contributed by atoms with Crippen LogP contribution in [-0.2, 0) is 6.42 Å². The summed E-state index contributed by atoms with van der Waals surface area (Å²) in [6.45, 7) is 2.25. The highest BCUT2D eigenvalue weighted by molar-refractivity contribution is 5.88. The number of aromatic nitrogens is 2. The van der Waals surface area contributed by atoms with Crippen molar-refractivity contribution in [2.24, 2.45) is 0 Å². The van der Waals surface area contributed by atoms with Crippen LogP contribution in [0.25, 0.3) is 11.4 Å². The number of unbranched alkanes of at least 4 members (excludes halogenated alkanes) is 7. The summed E-state index contributed by atoms with van der Waals surface area (Å²) in [5.74, 6) is -0.259. The van der Waals surface area contributed by atoms with Crippen molar-refractivity contribution in [3.63, 3.8) is 0 Å². The molecule has 2 rings (SSSR count). The first-order chi connectivity index (χ1) is 12.2. The van der Waals surface area contributed by atoms with Crippen LogP contribution in [0.4, 0.5) is 0 Å². The third-order valence-electron chi connectivity index (χ3n) is 4.39. The lowest BCUT2D eigenvalue weighted by atomic mass is 10.1. The number of hydrogen-bond acceptors (Lipinski definition) is 3. The Bertz CT molecular complexity index is 653. The largest absolute Gasteiger partial charge is 0.478 e. The fourth-order valence-electron chi connectivity index (χ4n) is 2.88. The van der Waals surface area contributed by atoms with Gasteiger partial charge in [0.25, 0.3) is 0 Å². The van der Waals surface area contributed by atoms with Crippen LogP contribution in [0.3, 0.4) is 0 Å². The smallest absolute Gasteiger partial charge is 0.335 e. The lowest BCUT2D eigenvalue weighted by molar-refractivity contribution is 0.0697. The van der Waals surface area contributed by atoms with E-state index in [1.165, 1.54) is 44.9 Å². The van der Waals surface area contributed by atoms with E-state index >= 15 is 0 Å². The fraction of sp³-hybridized carbons (Fsp3) is 0.476. The molecule has 1 N–H and O–H groups in total. The summed E-state index contributed by atoms with van der Waals surface area (Å²) in [5, 5.41) is 8.96. The van der Waals surface area contributed by atoms with Gasteiger partial charge >= 0.3 is 5.97 Å². The minimum atomic E-state index is -0.920. The van der Waals surface area contributed by atoms with Crippen molar-refractivity contribution in [1.29, 1.82) is 0 Å². The van der Waals surface area contributed by atoms with Crippen LogP contribution in [0.15, 0.2) is 36.5 Å². The summed E-state index contributed by atoms with van der Waals surface area (Å²) < 4.78 is 0. The lowest BCUT2D eigenvalue weighted by Crippen LogP contribution is -1.98. The van der Waals surface area contributed by atoms with Crippen LogP contribution in [0.2, 0.25) is 0 Å². The van der Waals surface area contributed by atoms with E-state index in [4.69, 9.17) is 5.11 Å². The predicted molar refractivity (Wildman–Crippen MR) is 101 cm³/mol. The SMILES string of the molecule is CCCCCCCCCCc1ccnc(-c2ccc(C(=O)O)cc2)n1. The Kier molecular flexibility index (Phi) is 8.10. The summed E-state index contributed by atoms with van der Waals surface area (Å²) in [5.41, 5.74) is 2.18. The maximum atomic E-state index is 10.9. The second kappa shape index (κ2) is 10.6. The molecule has 25 heavy (non-hydrogen) atoms. The Hall–Kier alpha value is -2.23. The van der Waals surface area contributed by atoms with Crippen LogP contribution in [0.5, 0.6) is 0 Å². The number of hydrogen-bond donors (Lipinski definition) is 1. The number of nitrogens with zero attached hydrogens (tertiary/aromatic N) is 2. The molecule has 0 aliphatic carbocycles. The van der Waals surface area contributed by atoms with Crippen molar-refractivity contribution in [2.45, 2.75) is 64.7 Å². The molecule has 0 radical (unpaired) electrons. The predicted octanol–water partition coefficient (Wildman–Crippen LogP) is 5.53. The Morgan fingerprint density at radius 2 is 1.56 bits per heavy atom. The summed E-state index contributed by atoms with van der Waals surface area (Å²) in [6, 6.07) is 8.67.